The molecule has 2 heterocycles. The molecule has 5 nitrogen and oxygen atoms in total. The smallest absolute Gasteiger partial charge is 0.346 e. The fraction of sp³-hybridized carbons (Fsp3) is 0.333. The van der Waals surface area contributed by atoms with E-state index >= 15 is 0 Å². The third kappa shape index (κ3) is 1.73. The number of esters is 2. The highest BCUT2D eigenvalue weighted by molar-refractivity contribution is 5.99. The summed E-state index contributed by atoms with van der Waals surface area (Å²) in [6.45, 7) is 0.953. The lowest BCUT2D eigenvalue weighted by Gasteiger charge is -2.19. The van der Waals surface area contributed by atoms with Crippen LogP contribution in [0.5, 0.6) is 11.5 Å². The second-order valence-electron chi connectivity index (χ2n) is 3.91. The van der Waals surface area contributed by atoms with E-state index in [1.165, 1.54) is 0 Å². The summed E-state index contributed by atoms with van der Waals surface area (Å²) in [7, 11) is 0. The van der Waals surface area contributed by atoms with Gasteiger partial charge in [0.05, 0.1) is 12.0 Å². The first kappa shape index (κ1) is 10.1. The average Bonchev–Trinajstić information content (AvgIpc) is 2.47. The van der Waals surface area contributed by atoms with Crippen LogP contribution in [-0.4, -0.2) is 25.2 Å². The first-order valence-corrected chi connectivity index (χ1v) is 5.41. The van der Waals surface area contributed by atoms with Crippen LogP contribution < -0.4 is 9.47 Å². The zero-order valence-electron chi connectivity index (χ0n) is 9.02. The second-order valence-corrected chi connectivity index (χ2v) is 3.91. The van der Waals surface area contributed by atoms with Crippen LogP contribution in [-0.2, 0) is 16.0 Å². The fourth-order valence-corrected chi connectivity index (χ4v) is 1.97. The number of aryl methyl sites for hydroxylation is 1. The molecule has 1 aromatic carbocycles. The van der Waals surface area contributed by atoms with Gasteiger partial charge in [-0.05, 0) is 24.1 Å². The van der Waals surface area contributed by atoms with Gasteiger partial charge >= 0.3 is 11.9 Å². The molecule has 0 N–H and O–H groups in total. The maximum atomic E-state index is 11.7. The Bertz CT molecular complexity index is 506. The van der Waals surface area contributed by atoms with Gasteiger partial charge in [-0.2, -0.15) is 0 Å². The summed E-state index contributed by atoms with van der Waals surface area (Å²) < 4.78 is 15.5. The maximum absolute atomic E-state index is 11.7. The van der Waals surface area contributed by atoms with Gasteiger partial charge < -0.3 is 14.2 Å². The number of carbonyl (C=O) groups is 2. The van der Waals surface area contributed by atoms with E-state index in [4.69, 9.17) is 9.47 Å². The number of cyclic esters (lactones) is 2. The van der Waals surface area contributed by atoms with Gasteiger partial charge in [-0.1, -0.05) is 0 Å². The molecule has 0 saturated heterocycles. The first-order valence-electron chi connectivity index (χ1n) is 5.41. The van der Waals surface area contributed by atoms with E-state index in [2.05, 4.69) is 4.74 Å². The third-order valence-corrected chi connectivity index (χ3v) is 2.79. The molecule has 0 aromatic heterocycles. The quantitative estimate of drug-likeness (QED) is 0.496. The van der Waals surface area contributed by atoms with Crippen molar-refractivity contribution in [2.75, 3.05) is 13.2 Å². The summed E-state index contributed by atoms with van der Waals surface area (Å²) in [6.07, 6.45) is 0.689. The van der Waals surface area contributed by atoms with Crippen LogP contribution in [0.2, 0.25) is 0 Å². The highest BCUT2D eigenvalue weighted by Gasteiger charge is 2.25. The van der Waals surface area contributed by atoms with Crippen LogP contribution in [0.4, 0.5) is 0 Å². The second kappa shape index (κ2) is 3.76. The zero-order valence-corrected chi connectivity index (χ0v) is 9.02. The number of fused-ring (bicyclic) bond motifs is 2. The lowest BCUT2D eigenvalue weighted by molar-refractivity contribution is -0.137. The van der Waals surface area contributed by atoms with Gasteiger partial charge in [0.2, 0.25) is 0 Å². The minimum Gasteiger partial charge on any atom is -0.486 e. The molecule has 0 fully saturated rings. The predicted octanol–water partition coefficient (Wildman–Crippen LogP) is 1.09. The summed E-state index contributed by atoms with van der Waals surface area (Å²) >= 11 is 0. The minimum absolute atomic E-state index is 0.207. The number of carbonyl (C=O) groups excluding carboxylic acids is 2. The van der Waals surface area contributed by atoms with E-state index in [9.17, 15) is 9.59 Å². The van der Waals surface area contributed by atoms with Crippen molar-refractivity contribution < 1.29 is 23.8 Å². The SMILES string of the molecule is O=C1CCc2cc3c(cc2C(=O)O1)OCCO3. The topological polar surface area (TPSA) is 61.8 Å². The highest BCUT2D eigenvalue weighted by Crippen LogP contribution is 2.34. The molecule has 0 spiro atoms. The zero-order chi connectivity index (χ0) is 11.8. The fourth-order valence-electron chi connectivity index (χ4n) is 1.97. The van der Waals surface area contributed by atoms with E-state index in [1.54, 1.807) is 12.1 Å². The minimum atomic E-state index is -0.612. The average molecular weight is 234 g/mol. The lowest BCUT2D eigenvalue weighted by Crippen LogP contribution is -2.17. The molecule has 0 radical (unpaired) electrons. The Hall–Kier alpha value is -2.04. The number of rotatable bonds is 0. The molecule has 0 aliphatic carbocycles. The normalized spacial score (nSPS) is 18.1. The van der Waals surface area contributed by atoms with Gasteiger partial charge in [0.1, 0.15) is 13.2 Å². The van der Waals surface area contributed by atoms with E-state index in [0.717, 1.165) is 5.56 Å². The Morgan fingerprint density at radius 3 is 2.41 bits per heavy atom. The van der Waals surface area contributed by atoms with E-state index in [0.29, 0.717) is 36.7 Å². The molecule has 1 aromatic rings. The number of hydrogen-bond donors (Lipinski definition) is 0. The van der Waals surface area contributed by atoms with Crippen LogP contribution in [0.15, 0.2) is 12.1 Å². The summed E-state index contributed by atoms with van der Waals surface area (Å²) in [6, 6.07) is 3.34. The Morgan fingerprint density at radius 2 is 1.65 bits per heavy atom. The molecule has 5 heteroatoms. The molecule has 17 heavy (non-hydrogen) atoms. The van der Waals surface area contributed by atoms with Crippen LogP contribution >= 0.6 is 0 Å². The molecule has 0 bridgehead atoms. The summed E-state index contributed by atoms with van der Waals surface area (Å²) in [4.78, 5) is 22.8. The summed E-state index contributed by atoms with van der Waals surface area (Å²) in [5.41, 5.74) is 1.16. The van der Waals surface area contributed by atoms with Crippen LogP contribution in [0.1, 0.15) is 22.3 Å². The Labute approximate surface area is 97.3 Å². The molecule has 0 saturated carbocycles. The van der Waals surface area contributed by atoms with Gasteiger partial charge in [0.25, 0.3) is 0 Å². The lowest BCUT2D eigenvalue weighted by atomic mass is 10.0. The van der Waals surface area contributed by atoms with Crippen molar-refractivity contribution in [2.24, 2.45) is 0 Å². The molecule has 88 valence electrons. The molecule has 2 aliphatic rings. The van der Waals surface area contributed by atoms with Crippen molar-refractivity contribution in [1.29, 1.82) is 0 Å². The van der Waals surface area contributed by atoms with Gasteiger partial charge in [-0.3, -0.25) is 4.79 Å². The summed E-state index contributed by atoms with van der Waals surface area (Å²) in [5.74, 6) is 0.0453. The first-order chi connectivity index (χ1) is 8.24. The van der Waals surface area contributed by atoms with Crippen LogP contribution in [0.25, 0.3) is 0 Å². The van der Waals surface area contributed by atoms with Gasteiger partial charge in [-0.25, -0.2) is 4.79 Å². The highest BCUT2D eigenvalue weighted by atomic mass is 16.6. The Kier molecular flexibility index (Phi) is 2.24. The molecule has 0 unspecified atom stereocenters. The van der Waals surface area contributed by atoms with E-state index in [-0.39, 0.29) is 6.42 Å². The molecule has 0 atom stereocenters. The largest absolute Gasteiger partial charge is 0.486 e. The number of benzene rings is 1. The van der Waals surface area contributed by atoms with Crippen molar-refractivity contribution in [1.82, 2.24) is 0 Å². The Morgan fingerprint density at radius 1 is 0.941 bits per heavy atom. The van der Waals surface area contributed by atoms with Crippen molar-refractivity contribution in [3.8, 4) is 11.5 Å². The van der Waals surface area contributed by atoms with Crippen molar-refractivity contribution in [3.63, 3.8) is 0 Å². The van der Waals surface area contributed by atoms with Crippen LogP contribution in [0, 0.1) is 0 Å². The molecule has 3 rings (SSSR count). The van der Waals surface area contributed by atoms with E-state index < -0.39 is 11.9 Å². The van der Waals surface area contributed by atoms with E-state index in [1.807, 2.05) is 0 Å². The van der Waals surface area contributed by atoms with Gasteiger partial charge in [-0.15, -0.1) is 0 Å². The standard InChI is InChI=1S/C12H10O5/c13-11-2-1-7-5-9-10(16-4-3-15-9)6-8(7)12(14)17-11/h5-6H,1-4H2. The molecular weight excluding hydrogens is 224 g/mol. The maximum Gasteiger partial charge on any atom is 0.346 e. The molecule has 0 amide bonds. The van der Waals surface area contributed by atoms with Gasteiger partial charge in [0, 0.05) is 0 Å². The van der Waals surface area contributed by atoms with Crippen molar-refractivity contribution in [2.45, 2.75) is 12.8 Å². The monoisotopic (exact) mass is 234 g/mol. The Balaban J connectivity index is 2.09. The summed E-state index contributed by atoms with van der Waals surface area (Å²) in [5, 5.41) is 0. The third-order valence-electron chi connectivity index (χ3n) is 2.79. The molecule has 2 aliphatic heterocycles. The number of ether oxygens (including phenoxy) is 3. The van der Waals surface area contributed by atoms with Crippen molar-refractivity contribution in [3.05, 3.63) is 23.3 Å². The molecular formula is C12H10O5. The predicted molar refractivity (Wildman–Crippen MR) is 56.2 cm³/mol. The van der Waals surface area contributed by atoms with Crippen molar-refractivity contribution >= 4 is 11.9 Å². The van der Waals surface area contributed by atoms with Crippen LogP contribution in [0.3, 0.4) is 0 Å². The number of hydrogen-bond acceptors (Lipinski definition) is 5. The van der Waals surface area contributed by atoms with Gasteiger partial charge in [0.15, 0.2) is 11.5 Å².